The van der Waals surface area contributed by atoms with Crippen molar-refractivity contribution in [2.75, 3.05) is 0 Å². The molecule has 0 saturated carbocycles. The third-order valence-electron chi connectivity index (χ3n) is 2.49. The van der Waals surface area contributed by atoms with Gasteiger partial charge in [-0.1, -0.05) is 11.8 Å². The largest absolute Gasteiger partial charge is 0.479 e. The molecule has 0 aliphatic rings. The summed E-state index contributed by atoms with van der Waals surface area (Å²) in [6.07, 6.45) is -9.39. The van der Waals surface area contributed by atoms with Crippen LogP contribution in [-0.4, -0.2) is 61.7 Å². The van der Waals surface area contributed by atoms with E-state index in [0.29, 0.717) is 0 Å². The first-order chi connectivity index (χ1) is 11.8. The molecule has 5 N–H and O–H groups in total. The summed E-state index contributed by atoms with van der Waals surface area (Å²) in [4.78, 5) is 22.0. The Hall–Kier alpha value is -3.22. The monoisotopic (exact) mass is 342 g/mol. The maximum absolute atomic E-state index is 11.6. The van der Waals surface area contributed by atoms with Crippen molar-refractivity contribution >= 4 is 11.8 Å². The molecule has 0 saturated heterocycles. The van der Waals surface area contributed by atoms with E-state index >= 15 is 0 Å². The second kappa shape index (κ2) is 12.2. The Morgan fingerprint density at radius 1 is 0.760 bits per heavy atom. The zero-order valence-corrected chi connectivity index (χ0v) is 13.1. The molecule has 4 atom stereocenters. The van der Waals surface area contributed by atoms with Crippen molar-refractivity contribution in [2.24, 2.45) is 0 Å². The molecule has 0 heterocycles. The zero-order chi connectivity index (χ0) is 19.2. The van der Waals surface area contributed by atoms with E-state index in [2.05, 4.69) is 59.2 Å². The number of carbonyl (C=O) groups excluding carboxylic acids is 1. The molecular formula is C18H14O7. The van der Waals surface area contributed by atoms with E-state index in [1.165, 1.54) is 0 Å². The van der Waals surface area contributed by atoms with Crippen molar-refractivity contribution in [3.8, 4) is 59.2 Å². The van der Waals surface area contributed by atoms with Gasteiger partial charge in [0, 0.05) is 0 Å². The van der Waals surface area contributed by atoms with Crippen LogP contribution in [0.3, 0.4) is 0 Å². The van der Waals surface area contributed by atoms with Gasteiger partial charge < -0.3 is 25.5 Å². The average Bonchev–Trinajstić information content (AvgIpc) is 2.60. The fourth-order valence-corrected chi connectivity index (χ4v) is 1.24. The predicted octanol–water partition coefficient (Wildman–Crippen LogP) is -2.49. The number of carboxylic acid groups (broad SMARTS) is 1. The third-order valence-corrected chi connectivity index (χ3v) is 2.49. The van der Waals surface area contributed by atoms with E-state index in [9.17, 15) is 24.9 Å². The van der Waals surface area contributed by atoms with Crippen molar-refractivity contribution in [1.29, 1.82) is 0 Å². The molecular weight excluding hydrogens is 328 g/mol. The number of carboxylic acids is 1. The molecule has 0 spiro atoms. The molecule has 0 aromatic heterocycles. The topological polar surface area (TPSA) is 135 Å². The first-order valence-electron chi connectivity index (χ1n) is 6.70. The third kappa shape index (κ3) is 8.85. The van der Waals surface area contributed by atoms with Gasteiger partial charge in [-0.25, -0.2) is 4.79 Å². The number of Topliss-reactive ketones (excluding diaryl/α,β-unsaturated/α-hetero) is 1. The van der Waals surface area contributed by atoms with E-state index in [-0.39, 0.29) is 0 Å². The Labute approximate surface area is 144 Å². The molecule has 0 aromatic carbocycles. The molecule has 128 valence electrons. The maximum Gasteiger partial charge on any atom is 0.335 e. The molecule has 0 unspecified atom stereocenters. The summed E-state index contributed by atoms with van der Waals surface area (Å²) < 4.78 is 0. The Bertz CT molecular complexity index is 800. The van der Waals surface area contributed by atoms with Gasteiger partial charge in [0.15, 0.2) is 11.9 Å². The molecule has 25 heavy (non-hydrogen) atoms. The molecule has 0 aliphatic carbocycles. The van der Waals surface area contributed by atoms with Crippen molar-refractivity contribution in [2.45, 2.75) is 37.8 Å². The summed E-state index contributed by atoms with van der Waals surface area (Å²) in [6.45, 7) is 1.63. The van der Waals surface area contributed by atoms with Crippen molar-refractivity contribution in [3.63, 3.8) is 0 Å². The van der Waals surface area contributed by atoms with Gasteiger partial charge in [0.2, 0.25) is 0 Å². The van der Waals surface area contributed by atoms with Crippen LogP contribution in [0.15, 0.2) is 0 Å². The second-order valence-corrected chi connectivity index (χ2v) is 4.28. The highest BCUT2D eigenvalue weighted by Crippen LogP contribution is 2.07. The van der Waals surface area contributed by atoms with Gasteiger partial charge in [-0.2, -0.15) is 0 Å². The minimum absolute atomic E-state index is 0.512. The quantitative estimate of drug-likeness (QED) is 0.337. The highest BCUT2D eigenvalue weighted by atomic mass is 16.4. The number of aliphatic hydroxyl groups is 4. The second-order valence-electron chi connectivity index (χ2n) is 4.28. The van der Waals surface area contributed by atoms with Crippen LogP contribution in [-0.2, 0) is 9.59 Å². The smallest absolute Gasteiger partial charge is 0.335 e. The van der Waals surface area contributed by atoms with Crippen LogP contribution in [0.4, 0.5) is 0 Å². The van der Waals surface area contributed by atoms with Crippen molar-refractivity contribution in [3.05, 3.63) is 0 Å². The highest BCUT2D eigenvalue weighted by Gasteiger charge is 2.36. The number of aliphatic carboxylic acids is 1. The summed E-state index contributed by atoms with van der Waals surface area (Å²) in [5, 5.41) is 45.9. The van der Waals surface area contributed by atoms with E-state index in [1.54, 1.807) is 6.92 Å². The van der Waals surface area contributed by atoms with Crippen LogP contribution in [0.5, 0.6) is 0 Å². The first kappa shape index (κ1) is 21.8. The highest BCUT2D eigenvalue weighted by molar-refractivity contribution is 5.86. The SMILES string of the molecule is CC#CC#CC#CC#CC#CCC(=O)[C@@H](O)[C@H](O)[C@@H](O)[C@@H](O)C(=O)O. The average molecular weight is 342 g/mol. The molecule has 7 heteroatoms. The Kier molecular flexibility index (Phi) is 10.7. The number of ketones is 1. The van der Waals surface area contributed by atoms with E-state index in [4.69, 9.17) is 10.2 Å². The number of carbonyl (C=O) groups is 2. The lowest BCUT2D eigenvalue weighted by molar-refractivity contribution is -0.165. The van der Waals surface area contributed by atoms with Gasteiger partial charge in [-0.3, -0.25) is 4.79 Å². The van der Waals surface area contributed by atoms with Crippen LogP contribution in [0.2, 0.25) is 0 Å². The predicted molar refractivity (Wildman–Crippen MR) is 85.8 cm³/mol. The lowest BCUT2D eigenvalue weighted by atomic mass is 9.99. The fourth-order valence-electron chi connectivity index (χ4n) is 1.24. The van der Waals surface area contributed by atoms with Gasteiger partial charge in [-0.05, 0) is 54.3 Å². The zero-order valence-electron chi connectivity index (χ0n) is 13.1. The molecule has 7 nitrogen and oxygen atoms in total. The Morgan fingerprint density at radius 2 is 1.20 bits per heavy atom. The van der Waals surface area contributed by atoms with E-state index in [1.807, 2.05) is 0 Å². The van der Waals surface area contributed by atoms with E-state index in [0.717, 1.165) is 0 Å². The van der Waals surface area contributed by atoms with Crippen LogP contribution in [0.1, 0.15) is 13.3 Å². The fraction of sp³-hybridized carbons (Fsp3) is 0.333. The van der Waals surface area contributed by atoms with E-state index < -0.39 is 42.6 Å². The summed E-state index contributed by atoms with van der Waals surface area (Å²) >= 11 is 0. The van der Waals surface area contributed by atoms with Crippen LogP contribution in [0.25, 0.3) is 0 Å². The van der Waals surface area contributed by atoms with Gasteiger partial charge >= 0.3 is 5.97 Å². The van der Waals surface area contributed by atoms with Crippen LogP contribution >= 0.6 is 0 Å². The normalized spacial score (nSPS) is 13.0. The van der Waals surface area contributed by atoms with Gasteiger partial charge in [-0.15, -0.1) is 0 Å². The molecule has 0 radical (unpaired) electrons. The molecule has 0 amide bonds. The molecule has 0 aromatic rings. The number of hydrogen-bond donors (Lipinski definition) is 5. The first-order valence-corrected chi connectivity index (χ1v) is 6.70. The molecule has 0 aliphatic heterocycles. The lowest BCUT2D eigenvalue weighted by Gasteiger charge is -2.23. The Balaban J connectivity index is 4.60. The molecule has 0 fully saturated rings. The van der Waals surface area contributed by atoms with Crippen molar-refractivity contribution in [1.82, 2.24) is 0 Å². The molecule has 0 bridgehead atoms. The number of hydrogen-bond acceptors (Lipinski definition) is 6. The minimum atomic E-state index is -2.35. The Morgan fingerprint density at radius 3 is 1.68 bits per heavy atom. The summed E-state index contributed by atoms with van der Waals surface area (Å²) in [5.41, 5.74) is 0. The standard InChI is InChI=1S/C18H14O7/c1-2-3-4-5-6-7-8-9-10-11-12-13(19)14(20)15(21)16(22)17(23)18(24)25/h14-17,20-23H,12H2,1H3,(H,24,25)/t14-,15+,16-,17-/m1/s1. The number of aliphatic hydroxyl groups excluding tert-OH is 4. The molecule has 0 rings (SSSR count). The van der Waals surface area contributed by atoms with Crippen LogP contribution in [0, 0.1) is 59.2 Å². The van der Waals surface area contributed by atoms with Gasteiger partial charge in [0.25, 0.3) is 0 Å². The maximum atomic E-state index is 11.6. The summed E-state index contributed by atoms with van der Waals surface area (Å²) in [5.74, 6) is 21.1. The summed E-state index contributed by atoms with van der Waals surface area (Å²) in [7, 11) is 0. The van der Waals surface area contributed by atoms with Crippen LogP contribution < -0.4 is 0 Å². The van der Waals surface area contributed by atoms with Crippen molar-refractivity contribution < 1.29 is 35.1 Å². The van der Waals surface area contributed by atoms with Gasteiger partial charge in [0.05, 0.1) is 6.42 Å². The summed E-state index contributed by atoms with van der Waals surface area (Å²) in [6, 6.07) is 0. The number of rotatable bonds is 6. The minimum Gasteiger partial charge on any atom is -0.479 e. The van der Waals surface area contributed by atoms with Gasteiger partial charge in [0.1, 0.15) is 18.3 Å². The lowest BCUT2D eigenvalue weighted by Crippen LogP contribution is -2.49.